The van der Waals surface area contributed by atoms with Gasteiger partial charge in [0, 0.05) is 5.70 Å². The molecule has 0 bridgehead atoms. The largest absolute Gasteiger partial charge is 0.404 e. The number of amides is 1. The highest BCUT2D eigenvalue weighted by molar-refractivity contribution is 5.79. The van der Waals surface area contributed by atoms with Crippen molar-refractivity contribution < 1.29 is 18.0 Å². The van der Waals surface area contributed by atoms with E-state index in [-0.39, 0.29) is 0 Å². The minimum atomic E-state index is -4.46. The van der Waals surface area contributed by atoms with Crippen LogP contribution in [-0.4, -0.2) is 25.2 Å². The van der Waals surface area contributed by atoms with E-state index in [1.165, 1.54) is 18.2 Å². The molecule has 1 atom stereocenters. The Bertz CT molecular complexity index is 321. The van der Waals surface area contributed by atoms with Crippen molar-refractivity contribution >= 4 is 5.91 Å². The molecular formula is C11H15F3N2O. The monoisotopic (exact) mass is 248 g/mol. The number of halogens is 3. The number of hydrogen-bond donors (Lipinski definition) is 2. The van der Waals surface area contributed by atoms with Crippen LogP contribution in [0.5, 0.6) is 0 Å². The van der Waals surface area contributed by atoms with Gasteiger partial charge in [-0.25, -0.2) is 0 Å². The minimum Gasteiger partial charge on any atom is -0.326 e. The van der Waals surface area contributed by atoms with E-state index in [0.717, 1.165) is 7.05 Å². The van der Waals surface area contributed by atoms with Crippen LogP contribution in [0.2, 0.25) is 0 Å². The van der Waals surface area contributed by atoms with Crippen molar-refractivity contribution in [3.8, 4) is 0 Å². The first-order chi connectivity index (χ1) is 7.85. The van der Waals surface area contributed by atoms with E-state index >= 15 is 0 Å². The molecule has 0 aliphatic heterocycles. The number of alkyl halides is 3. The van der Waals surface area contributed by atoms with Crippen LogP contribution < -0.4 is 10.6 Å². The molecule has 0 radical (unpaired) electrons. The lowest BCUT2D eigenvalue weighted by molar-refractivity contribution is -0.160. The van der Waals surface area contributed by atoms with Crippen LogP contribution in [0.25, 0.3) is 0 Å². The number of hydrogen-bond acceptors (Lipinski definition) is 2. The van der Waals surface area contributed by atoms with Crippen molar-refractivity contribution in [3.63, 3.8) is 0 Å². The van der Waals surface area contributed by atoms with E-state index in [0.29, 0.717) is 5.70 Å². The topological polar surface area (TPSA) is 41.1 Å². The summed E-state index contributed by atoms with van der Waals surface area (Å²) in [5.41, 5.74) is 0.307. The summed E-state index contributed by atoms with van der Waals surface area (Å²) in [6, 6.07) is -1.86. The van der Waals surface area contributed by atoms with Gasteiger partial charge in [0.05, 0.1) is 6.42 Å². The average molecular weight is 248 g/mol. The van der Waals surface area contributed by atoms with Gasteiger partial charge in [0.1, 0.15) is 6.04 Å². The second-order valence-electron chi connectivity index (χ2n) is 3.20. The summed E-state index contributed by atoms with van der Waals surface area (Å²) in [7, 11) is 1.15. The molecule has 3 nitrogen and oxygen atoms in total. The molecule has 0 aliphatic carbocycles. The number of rotatable bonds is 6. The Hall–Kier alpha value is -1.56. The Morgan fingerprint density at radius 2 is 2.00 bits per heavy atom. The maximum absolute atomic E-state index is 12.4. The lowest BCUT2D eigenvalue weighted by Gasteiger charge is -2.19. The predicted octanol–water partition coefficient (Wildman–Crippen LogP) is 1.90. The lowest BCUT2D eigenvalue weighted by Crippen LogP contribution is -2.43. The SMILES string of the molecule is C=C/C=C(\C=C)NC(=O)CC(NC)C(F)(F)F. The normalized spacial score (nSPS) is 14.0. The van der Waals surface area contributed by atoms with E-state index in [1.54, 1.807) is 0 Å². The van der Waals surface area contributed by atoms with Gasteiger partial charge in [-0.05, 0) is 19.2 Å². The van der Waals surface area contributed by atoms with Gasteiger partial charge in [0.2, 0.25) is 5.91 Å². The predicted molar refractivity (Wildman–Crippen MR) is 60.1 cm³/mol. The van der Waals surface area contributed by atoms with E-state index in [9.17, 15) is 18.0 Å². The molecule has 0 saturated carbocycles. The molecule has 0 fully saturated rings. The van der Waals surface area contributed by atoms with Crippen LogP contribution in [0, 0.1) is 0 Å². The maximum atomic E-state index is 12.4. The standard InChI is InChI=1S/C11H15F3N2O/c1-4-6-8(5-2)16-10(17)7-9(15-3)11(12,13)14/h4-6,9,15H,1-2,7H2,3H3,(H,16,17)/b8-6+. The molecule has 6 heteroatoms. The fourth-order valence-electron chi connectivity index (χ4n) is 1.07. The van der Waals surface area contributed by atoms with E-state index < -0.39 is 24.5 Å². The summed E-state index contributed by atoms with van der Waals surface area (Å²) in [6.45, 7) is 6.82. The molecular weight excluding hydrogens is 233 g/mol. The molecule has 0 heterocycles. The summed E-state index contributed by atoms with van der Waals surface area (Å²) >= 11 is 0. The number of carbonyl (C=O) groups is 1. The van der Waals surface area contributed by atoms with Gasteiger partial charge < -0.3 is 10.6 Å². The zero-order valence-corrected chi connectivity index (χ0v) is 9.47. The van der Waals surface area contributed by atoms with Crippen molar-refractivity contribution in [1.29, 1.82) is 0 Å². The number of nitrogens with one attached hydrogen (secondary N) is 2. The third-order valence-electron chi connectivity index (χ3n) is 1.93. The van der Waals surface area contributed by atoms with Crippen LogP contribution in [0.15, 0.2) is 37.1 Å². The molecule has 0 rings (SSSR count). The summed E-state index contributed by atoms with van der Waals surface area (Å²) in [6.07, 6.45) is -0.990. The van der Waals surface area contributed by atoms with Gasteiger partial charge in [-0.3, -0.25) is 4.79 Å². The lowest BCUT2D eigenvalue weighted by atomic mass is 10.2. The summed E-state index contributed by atoms with van der Waals surface area (Å²) in [5.74, 6) is -0.741. The summed E-state index contributed by atoms with van der Waals surface area (Å²) in [4.78, 5) is 11.3. The Kier molecular flexibility index (Phi) is 6.27. The highest BCUT2D eigenvalue weighted by Gasteiger charge is 2.39. The van der Waals surface area contributed by atoms with Crippen molar-refractivity contribution in [2.45, 2.75) is 18.6 Å². The fraction of sp³-hybridized carbons (Fsp3) is 0.364. The quantitative estimate of drug-likeness (QED) is 0.705. The second kappa shape index (κ2) is 6.90. The first-order valence-electron chi connectivity index (χ1n) is 4.84. The Morgan fingerprint density at radius 3 is 2.35 bits per heavy atom. The highest BCUT2D eigenvalue weighted by Crippen LogP contribution is 2.22. The average Bonchev–Trinajstić information content (AvgIpc) is 2.23. The van der Waals surface area contributed by atoms with Crippen molar-refractivity contribution in [2.24, 2.45) is 0 Å². The molecule has 0 spiro atoms. The molecule has 0 saturated heterocycles. The van der Waals surface area contributed by atoms with E-state index in [1.807, 2.05) is 5.32 Å². The van der Waals surface area contributed by atoms with Crippen LogP contribution in [-0.2, 0) is 4.79 Å². The highest BCUT2D eigenvalue weighted by atomic mass is 19.4. The zero-order chi connectivity index (χ0) is 13.5. The number of allylic oxidation sites excluding steroid dienone is 3. The van der Waals surface area contributed by atoms with E-state index in [4.69, 9.17) is 0 Å². The molecule has 1 amide bonds. The fourth-order valence-corrected chi connectivity index (χ4v) is 1.07. The summed E-state index contributed by atoms with van der Waals surface area (Å²) < 4.78 is 37.1. The van der Waals surface area contributed by atoms with Gasteiger partial charge in [-0.15, -0.1) is 0 Å². The molecule has 2 N–H and O–H groups in total. The smallest absolute Gasteiger partial charge is 0.326 e. The first-order valence-corrected chi connectivity index (χ1v) is 4.84. The van der Waals surface area contributed by atoms with Gasteiger partial charge in [-0.1, -0.05) is 19.2 Å². The van der Waals surface area contributed by atoms with Gasteiger partial charge >= 0.3 is 6.18 Å². The van der Waals surface area contributed by atoms with Gasteiger partial charge in [0.25, 0.3) is 0 Å². The Morgan fingerprint density at radius 1 is 1.41 bits per heavy atom. The van der Waals surface area contributed by atoms with E-state index in [2.05, 4.69) is 18.5 Å². The summed E-state index contributed by atoms with van der Waals surface area (Å²) in [5, 5.41) is 4.34. The minimum absolute atomic E-state index is 0.307. The van der Waals surface area contributed by atoms with Crippen molar-refractivity contribution in [1.82, 2.24) is 10.6 Å². The van der Waals surface area contributed by atoms with Gasteiger partial charge in [-0.2, -0.15) is 13.2 Å². The molecule has 96 valence electrons. The maximum Gasteiger partial charge on any atom is 0.404 e. The molecule has 0 aromatic heterocycles. The van der Waals surface area contributed by atoms with Crippen molar-refractivity contribution in [2.75, 3.05) is 7.05 Å². The zero-order valence-electron chi connectivity index (χ0n) is 9.47. The third-order valence-corrected chi connectivity index (χ3v) is 1.93. The first kappa shape index (κ1) is 15.4. The van der Waals surface area contributed by atoms with Crippen molar-refractivity contribution in [3.05, 3.63) is 37.1 Å². The molecule has 0 aromatic carbocycles. The second-order valence-corrected chi connectivity index (χ2v) is 3.20. The molecule has 17 heavy (non-hydrogen) atoms. The van der Waals surface area contributed by atoms with Crippen LogP contribution in [0.4, 0.5) is 13.2 Å². The Balaban J connectivity index is 4.49. The molecule has 1 unspecified atom stereocenters. The third kappa shape index (κ3) is 5.91. The van der Waals surface area contributed by atoms with Crippen LogP contribution >= 0.6 is 0 Å². The Labute approximate surface area is 98.1 Å². The van der Waals surface area contributed by atoms with Gasteiger partial charge in [0.15, 0.2) is 0 Å². The van der Waals surface area contributed by atoms with Crippen LogP contribution in [0.1, 0.15) is 6.42 Å². The number of carbonyl (C=O) groups excluding carboxylic acids is 1. The molecule has 0 aromatic rings. The van der Waals surface area contributed by atoms with Crippen LogP contribution in [0.3, 0.4) is 0 Å². The molecule has 0 aliphatic rings.